The summed E-state index contributed by atoms with van der Waals surface area (Å²) < 4.78 is 6.50. The topological polar surface area (TPSA) is 44.1 Å². The van der Waals surface area contributed by atoms with Crippen LogP contribution in [0.25, 0.3) is 10.9 Å². The molecule has 1 atom stereocenters. The van der Waals surface area contributed by atoms with E-state index in [2.05, 4.69) is 5.10 Å². The number of rotatable bonds is 2. The third-order valence-corrected chi connectivity index (χ3v) is 2.75. The van der Waals surface area contributed by atoms with Crippen LogP contribution < -0.4 is 0 Å². The standard InChI is InChI=1S/C12H14N2O2/c1-8(12(15)16-3)11-9-6-4-5-7-10(9)13-14(11)2/h4-8H,1-3H3. The molecule has 0 bridgehead atoms. The Hall–Kier alpha value is -1.84. The molecule has 0 amide bonds. The van der Waals surface area contributed by atoms with Gasteiger partial charge in [-0.3, -0.25) is 9.48 Å². The number of aryl methyl sites for hydroxylation is 1. The zero-order valence-corrected chi connectivity index (χ0v) is 9.60. The lowest BCUT2D eigenvalue weighted by atomic mass is 10.0. The van der Waals surface area contributed by atoms with Gasteiger partial charge in [0, 0.05) is 12.4 Å². The van der Waals surface area contributed by atoms with Gasteiger partial charge in [-0.2, -0.15) is 5.10 Å². The van der Waals surface area contributed by atoms with Crippen LogP contribution in [0.3, 0.4) is 0 Å². The van der Waals surface area contributed by atoms with Gasteiger partial charge < -0.3 is 4.74 Å². The fraction of sp³-hybridized carbons (Fsp3) is 0.333. The number of carbonyl (C=O) groups excluding carboxylic acids is 1. The summed E-state index contributed by atoms with van der Waals surface area (Å²) in [5, 5.41) is 5.36. The maximum atomic E-state index is 11.5. The molecular formula is C12H14N2O2. The second-order valence-corrected chi connectivity index (χ2v) is 3.77. The van der Waals surface area contributed by atoms with E-state index >= 15 is 0 Å². The van der Waals surface area contributed by atoms with Gasteiger partial charge in [0.15, 0.2) is 0 Å². The normalized spacial score (nSPS) is 12.7. The molecule has 84 valence electrons. The SMILES string of the molecule is COC(=O)C(C)c1c2ccccc2nn1C. The monoisotopic (exact) mass is 218 g/mol. The molecule has 0 aliphatic heterocycles. The summed E-state index contributed by atoms with van der Waals surface area (Å²) in [5.41, 5.74) is 1.79. The molecule has 1 aromatic carbocycles. The van der Waals surface area contributed by atoms with Crippen molar-refractivity contribution in [1.29, 1.82) is 0 Å². The van der Waals surface area contributed by atoms with E-state index in [1.807, 2.05) is 38.2 Å². The minimum absolute atomic E-state index is 0.242. The number of carbonyl (C=O) groups is 1. The van der Waals surface area contributed by atoms with Crippen molar-refractivity contribution in [3.05, 3.63) is 30.0 Å². The van der Waals surface area contributed by atoms with Crippen molar-refractivity contribution in [3.63, 3.8) is 0 Å². The third-order valence-electron chi connectivity index (χ3n) is 2.75. The van der Waals surface area contributed by atoms with Crippen molar-refractivity contribution in [3.8, 4) is 0 Å². The summed E-state index contributed by atoms with van der Waals surface area (Å²) in [6.07, 6.45) is 0. The summed E-state index contributed by atoms with van der Waals surface area (Å²) in [6, 6.07) is 7.78. The van der Waals surface area contributed by atoms with Crippen molar-refractivity contribution < 1.29 is 9.53 Å². The maximum absolute atomic E-state index is 11.5. The van der Waals surface area contributed by atoms with Crippen LogP contribution in [-0.2, 0) is 16.6 Å². The van der Waals surface area contributed by atoms with Crippen molar-refractivity contribution in [2.75, 3.05) is 7.11 Å². The number of fused-ring (bicyclic) bond motifs is 1. The van der Waals surface area contributed by atoms with Crippen LogP contribution in [0.1, 0.15) is 18.5 Å². The Labute approximate surface area is 93.8 Å². The average Bonchev–Trinajstić information content (AvgIpc) is 2.63. The Bertz CT molecular complexity index is 531. The van der Waals surface area contributed by atoms with Crippen molar-refractivity contribution >= 4 is 16.9 Å². The van der Waals surface area contributed by atoms with Crippen molar-refractivity contribution in [2.45, 2.75) is 12.8 Å². The molecule has 1 heterocycles. The van der Waals surface area contributed by atoms with Gasteiger partial charge in [-0.1, -0.05) is 18.2 Å². The van der Waals surface area contributed by atoms with Gasteiger partial charge in [0.25, 0.3) is 0 Å². The van der Waals surface area contributed by atoms with Gasteiger partial charge in [0.1, 0.15) is 0 Å². The quantitative estimate of drug-likeness (QED) is 0.722. The summed E-state index contributed by atoms with van der Waals surface area (Å²) >= 11 is 0. The van der Waals surface area contributed by atoms with Gasteiger partial charge in [0.2, 0.25) is 0 Å². The Morgan fingerprint density at radius 1 is 1.44 bits per heavy atom. The Morgan fingerprint density at radius 2 is 2.12 bits per heavy atom. The second-order valence-electron chi connectivity index (χ2n) is 3.77. The van der Waals surface area contributed by atoms with Crippen LogP contribution >= 0.6 is 0 Å². The predicted octanol–water partition coefficient (Wildman–Crippen LogP) is 1.85. The van der Waals surface area contributed by atoms with Crippen LogP contribution in [0.4, 0.5) is 0 Å². The smallest absolute Gasteiger partial charge is 0.314 e. The molecule has 0 N–H and O–H groups in total. The molecule has 0 radical (unpaired) electrons. The lowest BCUT2D eigenvalue weighted by molar-refractivity contribution is -0.142. The second kappa shape index (κ2) is 3.96. The van der Waals surface area contributed by atoms with Crippen molar-refractivity contribution in [2.24, 2.45) is 7.05 Å². The molecule has 1 unspecified atom stereocenters. The zero-order chi connectivity index (χ0) is 11.7. The van der Waals surface area contributed by atoms with Gasteiger partial charge in [-0.15, -0.1) is 0 Å². The van der Waals surface area contributed by atoms with E-state index < -0.39 is 0 Å². The fourth-order valence-corrected chi connectivity index (χ4v) is 1.97. The molecule has 1 aromatic heterocycles. The van der Waals surface area contributed by atoms with E-state index in [-0.39, 0.29) is 11.9 Å². The first-order valence-corrected chi connectivity index (χ1v) is 5.14. The van der Waals surface area contributed by atoms with Gasteiger partial charge in [-0.25, -0.2) is 0 Å². The molecule has 0 fully saturated rings. The summed E-state index contributed by atoms with van der Waals surface area (Å²) in [5.74, 6) is -0.545. The lowest BCUT2D eigenvalue weighted by Crippen LogP contribution is -2.14. The third kappa shape index (κ3) is 1.56. The highest BCUT2D eigenvalue weighted by Gasteiger charge is 2.22. The minimum Gasteiger partial charge on any atom is -0.469 e. The highest BCUT2D eigenvalue weighted by Crippen LogP contribution is 2.25. The average molecular weight is 218 g/mol. The van der Waals surface area contributed by atoms with Crippen LogP contribution in [0, 0.1) is 0 Å². The molecule has 2 aromatic rings. The van der Waals surface area contributed by atoms with E-state index in [9.17, 15) is 4.79 Å². The summed E-state index contributed by atoms with van der Waals surface area (Å²) in [6.45, 7) is 1.83. The molecule has 4 heteroatoms. The summed E-state index contributed by atoms with van der Waals surface area (Å²) in [7, 11) is 3.24. The summed E-state index contributed by atoms with van der Waals surface area (Å²) in [4.78, 5) is 11.5. The van der Waals surface area contributed by atoms with Crippen LogP contribution in [-0.4, -0.2) is 22.9 Å². The Morgan fingerprint density at radius 3 is 2.81 bits per heavy atom. The number of aromatic nitrogens is 2. The fourth-order valence-electron chi connectivity index (χ4n) is 1.97. The van der Waals surface area contributed by atoms with Crippen LogP contribution in [0.15, 0.2) is 24.3 Å². The predicted molar refractivity (Wildman–Crippen MR) is 61.1 cm³/mol. The van der Waals surface area contributed by atoms with E-state index in [1.54, 1.807) is 4.68 Å². The van der Waals surface area contributed by atoms with Crippen molar-refractivity contribution in [1.82, 2.24) is 9.78 Å². The Kier molecular flexibility index (Phi) is 2.64. The number of hydrogen-bond donors (Lipinski definition) is 0. The van der Waals surface area contributed by atoms with Gasteiger partial charge in [-0.05, 0) is 13.0 Å². The number of hydrogen-bond acceptors (Lipinski definition) is 3. The first kappa shape index (κ1) is 10.7. The molecule has 0 spiro atoms. The molecule has 0 aliphatic carbocycles. The zero-order valence-electron chi connectivity index (χ0n) is 9.60. The first-order chi connectivity index (χ1) is 7.65. The maximum Gasteiger partial charge on any atom is 0.314 e. The molecule has 0 saturated heterocycles. The minimum atomic E-state index is -0.303. The Balaban J connectivity index is 2.59. The number of methoxy groups -OCH3 is 1. The molecule has 2 rings (SSSR count). The van der Waals surface area contributed by atoms with Crippen LogP contribution in [0.2, 0.25) is 0 Å². The molecular weight excluding hydrogens is 204 g/mol. The molecule has 0 saturated carbocycles. The van der Waals surface area contributed by atoms with Gasteiger partial charge >= 0.3 is 5.97 Å². The number of benzene rings is 1. The number of ether oxygens (including phenoxy) is 1. The molecule has 0 aliphatic rings. The number of nitrogens with zero attached hydrogens (tertiary/aromatic N) is 2. The van der Waals surface area contributed by atoms with E-state index in [4.69, 9.17) is 4.74 Å². The van der Waals surface area contributed by atoms with E-state index in [0.717, 1.165) is 16.6 Å². The number of esters is 1. The van der Waals surface area contributed by atoms with E-state index in [0.29, 0.717) is 0 Å². The van der Waals surface area contributed by atoms with Crippen LogP contribution in [0.5, 0.6) is 0 Å². The van der Waals surface area contributed by atoms with E-state index in [1.165, 1.54) is 7.11 Å². The molecule has 4 nitrogen and oxygen atoms in total. The highest BCUT2D eigenvalue weighted by molar-refractivity contribution is 5.88. The molecule has 16 heavy (non-hydrogen) atoms. The lowest BCUT2D eigenvalue weighted by Gasteiger charge is -2.09. The first-order valence-electron chi connectivity index (χ1n) is 5.14. The van der Waals surface area contributed by atoms with Gasteiger partial charge in [0.05, 0.1) is 24.2 Å². The largest absolute Gasteiger partial charge is 0.469 e. The highest BCUT2D eigenvalue weighted by atomic mass is 16.5.